The van der Waals surface area contributed by atoms with Crippen LogP contribution in [0.5, 0.6) is 11.6 Å². The predicted molar refractivity (Wildman–Crippen MR) is 102 cm³/mol. The third kappa shape index (κ3) is 4.40. The molecule has 0 saturated carbocycles. The Morgan fingerprint density at radius 3 is 2.45 bits per heavy atom. The van der Waals surface area contributed by atoms with E-state index in [-0.39, 0.29) is 18.2 Å². The Kier molecular flexibility index (Phi) is 5.67. The predicted octanol–water partition coefficient (Wildman–Crippen LogP) is 3.75. The van der Waals surface area contributed by atoms with E-state index in [1.54, 1.807) is 16.5 Å². The van der Waals surface area contributed by atoms with Crippen molar-refractivity contribution in [3.63, 3.8) is 0 Å². The van der Waals surface area contributed by atoms with Gasteiger partial charge < -0.3 is 15.2 Å². The van der Waals surface area contributed by atoms with Crippen molar-refractivity contribution in [1.29, 1.82) is 0 Å². The molecule has 11 heteroatoms. The summed E-state index contributed by atoms with van der Waals surface area (Å²) in [5.41, 5.74) is 7.34. The molecule has 0 aliphatic heterocycles. The summed E-state index contributed by atoms with van der Waals surface area (Å²) < 4.78 is 62.9. The minimum absolute atomic E-state index is 0.00298. The highest BCUT2D eigenvalue weighted by Crippen LogP contribution is 2.26. The topological polar surface area (TPSA) is 87.6 Å². The van der Waals surface area contributed by atoms with Crippen molar-refractivity contribution in [2.24, 2.45) is 5.73 Å². The smallest absolute Gasteiger partial charge is 0.387 e. The molecule has 2 heterocycles. The van der Waals surface area contributed by atoms with Crippen molar-refractivity contribution in [3.05, 3.63) is 72.1 Å². The van der Waals surface area contributed by atoms with Gasteiger partial charge in [-0.15, -0.1) is 10.2 Å². The number of rotatable bonds is 7. The summed E-state index contributed by atoms with van der Waals surface area (Å²) in [5.74, 6) is -1.34. The van der Waals surface area contributed by atoms with Crippen LogP contribution < -0.4 is 15.2 Å². The molecule has 0 fully saturated rings. The van der Waals surface area contributed by atoms with Gasteiger partial charge in [-0.1, -0.05) is 6.07 Å². The van der Waals surface area contributed by atoms with Gasteiger partial charge in [-0.3, -0.25) is 4.98 Å². The third-order valence-electron chi connectivity index (χ3n) is 4.40. The number of nitrogens with zero attached hydrogens (tertiary/aromatic N) is 4. The van der Waals surface area contributed by atoms with Crippen LogP contribution in [0.25, 0.3) is 17.0 Å². The summed E-state index contributed by atoms with van der Waals surface area (Å²) in [6, 6.07) is 8.49. The molecule has 31 heavy (non-hydrogen) atoms. The van der Waals surface area contributed by atoms with Crippen LogP contribution in [0, 0.1) is 11.6 Å². The largest absolute Gasteiger partial charge is 0.475 e. The fourth-order valence-corrected chi connectivity index (χ4v) is 2.91. The van der Waals surface area contributed by atoms with Gasteiger partial charge in [0, 0.05) is 5.56 Å². The first-order valence-corrected chi connectivity index (χ1v) is 9.00. The second-order valence-corrected chi connectivity index (χ2v) is 6.46. The molecule has 0 aliphatic carbocycles. The second kappa shape index (κ2) is 8.56. The zero-order chi connectivity index (χ0) is 22.0. The molecule has 0 bridgehead atoms. The van der Waals surface area contributed by atoms with Crippen molar-refractivity contribution >= 4 is 5.65 Å². The van der Waals surface area contributed by atoms with Gasteiger partial charge in [-0.25, -0.2) is 13.2 Å². The van der Waals surface area contributed by atoms with Crippen LogP contribution in [0.2, 0.25) is 0 Å². The fraction of sp³-hybridized carbons (Fsp3) is 0.150. The lowest BCUT2D eigenvalue weighted by molar-refractivity contribution is -0.0498. The normalized spacial score (nSPS) is 12.3. The van der Waals surface area contributed by atoms with Gasteiger partial charge in [0.15, 0.2) is 23.1 Å². The average Bonchev–Trinajstić information content (AvgIpc) is 3.19. The molecule has 4 aromatic rings. The maximum atomic E-state index is 13.5. The number of hydrogen-bond acceptors (Lipinski definition) is 6. The number of fused-ring (bicyclic) bond motifs is 1. The van der Waals surface area contributed by atoms with Crippen molar-refractivity contribution in [2.45, 2.75) is 12.7 Å². The van der Waals surface area contributed by atoms with Crippen molar-refractivity contribution < 1.29 is 27.0 Å². The molecule has 2 aromatic carbocycles. The minimum Gasteiger partial charge on any atom is -0.475 e. The van der Waals surface area contributed by atoms with Crippen LogP contribution in [0.3, 0.4) is 0 Å². The van der Waals surface area contributed by atoms with Gasteiger partial charge in [0.25, 0.3) is 0 Å². The first-order valence-electron chi connectivity index (χ1n) is 9.00. The monoisotopic (exact) mass is 433 g/mol. The highest BCUT2D eigenvalue weighted by Gasteiger charge is 2.16. The van der Waals surface area contributed by atoms with Crippen LogP contribution in [0.15, 0.2) is 54.9 Å². The van der Waals surface area contributed by atoms with Gasteiger partial charge in [-0.2, -0.15) is 8.78 Å². The lowest BCUT2D eigenvalue weighted by Crippen LogP contribution is -2.20. The summed E-state index contributed by atoms with van der Waals surface area (Å²) in [6.07, 6.45) is 2.89. The number of aromatic nitrogens is 4. The quantitative estimate of drug-likeness (QED) is 0.447. The van der Waals surface area contributed by atoms with Gasteiger partial charge >= 0.3 is 6.61 Å². The maximum absolute atomic E-state index is 13.5. The molecule has 1 atom stereocenters. The molecule has 160 valence electrons. The van der Waals surface area contributed by atoms with Crippen molar-refractivity contribution in [1.82, 2.24) is 19.6 Å². The average molecular weight is 433 g/mol. The third-order valence-corrected chi connectivity index (χ3v) is 4.40. The van der Waals surface area contributed by atoms with Crippen LogP contribution in [0.4, 0.5) is 17.6 Å². The molecular weight excluding hydrogens is 418 g/mol. The minimum atomic E-state index is -2.93. The molecule has 2 aromatic heterocycles. The van der Waals surface area contributed by atoms with E-state index in [9.17, 15) is 17.6 Å². The zero-order valence-corrected chi connectivity index (χ0v) is 15.8. The second-order valence-electron chi connectivity index (χ2n) is 6.46. The Hall–Kier alpha value is -3.73. The summed E-state index contributed by atoms with van der Waals surface area (Å²) in [4.78, 5) is 4.04. The van der Waals surface area contributed by atoms with E-state index in [0.717, 1.165) is 12.1 Å². The lowest BCUT2D eigenvalue weighted by atomic mass is 10.1. The van der Waals surface area contributed by atoms with E-state index in [2.05, 4.69) is 19.9 Å². The fourth-order valence-electron chi connectivity index (χ4n) is 2.91. The van der Waals surface area contributed by atoms with Crippen LogP contribution in [-0.4, -0.2) is 32.8 Å². The van der Waals surface area contributed by atoms with Crippen LogP contribution in [0.1, 0.15) is 11.6 Å². The highest BCUT2D eigenvalue weighted by molar-refractivity contribution is 5.61. The first-order chi connectivity index (χ1) is 14.9. The summed E-state index contributed by atoms with van der Waals surface area (Å²) in [5, 5.41) is 8.13. The van der Waals surface area contributed by atoms with Gasteiger partial charge in [0.1, 0.15) is 12.4 Å². The lowest BCUT2D eigenvalue weighted by Gasteiger charge is -2.15. The van der Waals surface area contributed by atoms with Crippen molar-refractivity contribution in [3.8, 4) is 23.0 Å². The summed E-state index contributed by atoms with van der Waals surface area (Å²) in [7, 11) is 0. The Morgan fingerprint density at radius 2 is 1.74 bits per heavy atom. The van der Waals surface area contributed by atoms with Crippen LogP contribution in [-0.2, 0) is 0 Å². The number of ether oxygens (including phenoxy) is 2. The Balaban J connectivity index is 1.59. The molecular formula is C20H15F4N5O2. The molecule has 0 aliphatic rings. The molecule has 4 rings (SSSR count). The number of halogens is 4. The van der Waals surface area contributed by atoms with Gasteiger partial charge in [-0.05, 0) is 42.0 Å². The molecule has 7 nitrogen and oxygen atoms in total. The highest BCUT2D eigenvalue weighted by atomic mass is 19.3. The molecule has 0 amide bonds. The SMILES string of the molecule is N[C@@H](COc1cncc2nnc(-c3ccc(OC(F)F)cc3)n12)c1ccc(F)c(F)c1. The number of nitrogens with two attached hydrogens (primary N) is 1. The number of alkyl halides is 2. The van der Waals surface area contributed by atoms with E-state index in [1.807, 2.05) is 0 Å². The maximum Gasteiger partial charge on any atom is 0.387 e. The van der Waals surface area contributed by atoms with E-state index < -0.39 is 24.3 Å². The molecule has 0 spiro atoms. The van der Waals surface area contributed by atoms with Crippen LogP contribution >= 0.6 is 0 Å². The number of hydrogen-bond donors (Lipinski definition) is 1. The first kappa shape index (κ1) is 20.5. The Morgan fingerprint density at radius 1 is 0.968 bits per heavy atom. The van der Waals surface area contributed by atoms with E-state index in [4.69, 9.17) is 10.5 Å². The van der Waals surface area contributed by atoms with E-state index in [0.29, 0.717) is 22.6 Å². The Labute approximate surface area is 173 Å². The molecule has 0 saturated heterocycles. The summed E-state index contributed by atoms with van der Waals surface area (Å²) in [6.45, 7) is -2.99. The molecule has 2 N–H and O–H groups in total. The van der Waals surface area contributed by atoms with E-state index in [1.165, 1.54) is 30.6 Å². The van der Waals surface area contributed by atoms with Gasteiger partial charge in [0.2, 0.25) is 5.88 Å². The van der Waals surface area contributed by atoms with E-state index >= 15 is 0 Å². The molecule has 0 unspecified atom stereocenters. The van der Waals surface area contributed by atoms with Crippen molar-refractivity contribution in [2.75, 3.05) is 6.61 Å². The standard InChI is InChI=1S/C20H15F4N5O2/c21-14-6-3-12(7-15(14)22)16(25)10-30-18-9-26-8-17-27-28-19(29(17)18)11-1-4-13(5-2-11)31-20(23)24/h1-9,16,20H,10,25H2/t16-/m0/s1. The Bertz CT molecular complexity index is 1200. The zero-order valence-electron chi connectivity index (χ0n) is 15.8. The van der Waals surface area contributed by atoms with Gasteiger partial charge in [0.05, 0.1) is 18.4 Å². The molecule has 0 radical (unpaired) electrons. The number of benzene rings is 2. The summed E-state index contributed by atoms with van der Waals surface area (Å²) >= 11 is 0.